The maximum absolute atomic E-state index is 14.9. The van der Waals surface area contributed by atoms with Gasteiger partial charge in [-0.15, -0.1) is 0 Å². The van der Waals surface area contributed by atoms with Gasteiger partial charge < -0.3 is 15.0 Å². The van der Waals surface area contributed by atoms with Crippen LogP contribution in [0.4, 0.5) is 20.5 Å². The third-order valence-electron chi connectivity index (χ3n) is 6.41. The highest BCUT2D eigenvalue weighted by molar-refractivity contribution is 5.83. The molecule has 0 aliphatic carbocycles. The van der Waals surface area contributed by atoms with Gasteiger partial charge in [-0.1, -0.05) is 6.07 Å². The minimum Gasteiger partial charge on any atom is -0.390 e. The second kappa shape index (κ2) is 8.94. The largest absolute Gasteiger partial charge is 0.390 e. The van der Waals surface area contributed by atoms with Crippen molar-refractivity contribution in [3.8, 4) is 11.3 Å². The van der Waals surface area contributed by atoms with Crippen molar-refractivity contribution in [3.05, 3.63) is 59.7 Å². The number of anilines is 2. The molecule has 2 N–H and O–H groups in total. The first-order chi connectivity index (χ1) is 16.7. The number of β-amino-alcohol motifs (C(OH)–C–C–N with tert-alkyl or cyclic N) is 1. The molecule has 35 heavy (non-hydrogen) atoms. The van der Waals surface area contributed by atoms with E-state index in [-0.39, 0.29) is 35.3 Å². The number of likely N-dealkylation sites (tertiary alicyclic amines) is 1. The molecule has 1 atom stereocenters. The van der Waals surface area contributed by atoms with Crippen LogP contribution in [0.3, 0.4) is 0 Å². The normalized spacial score (nSPS) is 15.5. The Hall–Kier alpha value is -3.50. The van der Waals surface area contributed by atoms with Gasteiger partial charge in [-0.2, -0.15) is 0 Å². The monoisotopic (exact) mass is 479 g/mol. The zero-order valence-electron chi connectivity index (χ0n) is 20.0. The van der Waals surface area contributed by atoms with Crippen molar-refractivity contribution in [2.45, 2.75) is 45.9 Å². The highest BCUT2D eigenvalue weighted by Crippen LogP contribution is 2.31. The maximum atomic E-state index is 14.9. The summed E-state index contributed by atoms with van der Waals surface area (Å²) in [5.74, 6) is 0.140. The average molecular weight is 480 g/mol. The minimum absolute atomic E-state index is 0.0148. The SMILES string of the molecule is Cc1nc2c(F)cc(-c3nc(Nc4ccc([C@H](C)N5CC(O)C5)cn4)ncc3F)cc2n1C(C)C. The minimum atomic E-state index is -0.657. The standard InChI is InChI=1S/C25H27F2N7O/c1-13(2)34-15(4)30-24-19(26)7-17(8-21(24)34)23-20(27)10-29-25(32-23)31-22-6-5-16(9-28-22)14(3)33-11-18(35)12-33/h5-10,13-14,18,35H,11-12H2,1-4H3,(H,28,29,31,32)/t14-/m0/s1. The van der Waals surface area contributed by atoms with Crippen molar-refractivity contribution in [3.63, 3.8) is 0 Å². The Labute approximate surface area is 201 Å². The van der Waals surface area contributed by atoms with Crippen LogP contribution in [0.1, 0.15) is 44.2 Å². The summed E-state index contributed by atoms with van der Waals surface area (Å²) in [7, 11) is 0. The van der Waals surface area contributed by atoms with Gasteiger partial charge in [-0.3, -0.25) is 4.90 Å². The molecule has 1 saturated heterocycles. The topological polar surface area (TPSA) is 92.0 Å². The molecule has 0 amide bonds. The molecular weight excluding hydrogens is 452 g/mol. The number of imidazole rings is 1. The molecule has 1 fully saturated rings. The lowest BCUT2D eigenvalue weighted by Crippen LogP contribution is -2.51. The Morgan fingerprint density at radius 3 is 2.46 bits per heavy atom. The summed E-state index contributed by atoms with van der Waals surface area (Å²) in [6, 6.07) is 6.88. The predicted octanol–water partition coefficient (Wildman–Crippen LogP) is 4.54. The Bertz CT molecular complexity index is 1380. The van der Waals surface area contributed by atoms with E-state index in [2.05, 4.69) is 37.1 Å². The molecule has 0 spiro atoms. The number of aliphatic hydroxyl groups excluding tert-OH is 1. The number of benzene rings is 1. The second-order valence-electron chi connectivity index (χ2n) is 9.22. The van der Waals surface area contributed by atoms with Gasteiger partial charge in [0.25, 0.3) is 0 Å². The van der Waals surface area contributed by atoms with Crippen LogP contribution in [-0.4, -0.2) is 53.7 Å². The Morgan fingerprint density at radius 1 is 1.03 bits per heavy atom. The van der Waals surface area contributed by atoms with E-state index in [0.717, 1.165) is 11.8 Å². The third-order valence-corrected chi connectivity index (χ3v) is 6.41. The van der Waals surface area contributed by atoms with E-state index in [9.17, 15) is 13.9 Å². The van der Waals surface area contributed by atoms with Crippen molar-refractivity contribution in [1.82, 2.24) is 29.4 Å². The van der Waals surface area contributed by atoms with E-state index in [4.69, 9.17) is 0 Å². The summed E-state index contributed by atoms with van der Waals surface area (Å²) >= 11 is 0. The van der Waals surface area contributed by atoms with Crippen molar-refractivity contribution in [2.75, 3.05) is 18.4 Å². The lowest BCUT2D eigenvalue weighted by Gasteiger charge is -2.40. The van der Waals surface area contributed by atoms with Gasteiger partial charge in [-0.25, -0.2) is 28.7 Å². The van der Waals surface area contributed by atoms with E-state index >= 15 is 0 Å². The summed E-state index contributed by atoms with van der Waals surface area (Å²) < 4.78 is 31.5. The number of halogens is 2. The molecule has 1 aliphatic rings. The van der Waals surface area contributed by atoms with Crippen molar-refractivity contribution >= 4 is 22.8 Å². The van der Waals surface area contributed by atoms with Gasteiger partial charge in [-0.05, 0) is 51.5 Å². The maximum Gasteiger partial charge on any atom is 0.229 e. The zero-order valence-corrected chi connectivity index (χ0v) is 20.0. The molecule has 182 valence electrons. The van der Waals surface area contributed by atoms with Crippen LogP contribution in [0.2, 0.25) is 0 Å². The van der Waals surface area contributed by atoms with Gasteiger partial charge in [0.05, 0.1) is 17.8 Å². The molecule has 0 saturated carbocycles. The highest BCUT2D eigenvalue weighted by Gasteiger charge is 2.29. The number of aryl methyl sites for hydroxylation is 1. The number of aromatic nitrogens is 5. The lowest BCUT2D eigenvalue weighted by molar-refractivity contribution is -0.0212. The predicted molar refractivity (Wildman–Crippen MR) is 129 cm³/mol. The first kappa shape index (κ1) is 23.3. The fourth-order valence-corrected chi connectivity index (χ4v) is 4.54. The van der Waals surface area contributed by atoms with Crippen LogP contribution in [0.15, 0.2) is 36.7 Å². The molecule has 0 unspecified atom stereocenters. The van der Waals surface area contributed by atoms with Crippen molar-refractivity contribution in [1.29, 1.82) is 0 Å². The number of nitrogens with one attached hydrogen (secondary N) is 1. The molecule has 1 aromatic carbocycles. The Morgan fingerprint density at radius 2 is 1.80 bits per heavy atom. The summed E-state index contributed by atoms with van der Waals surface area (Å²) in [4.78, 5) is 19.3. The van der Waals surface area contributed by atoms with Crippen LogP contribution in [0, 0.1) is 18.6 Å². The summed E-state index contributed by atoms with van der Waals surface area (Å²) in [5, 5.41) is 12.5. The molecular formula is C25H27F2N7O. The van der Waals surface area contributed by atoms with Crippen LogP contribution >= 0.6 is 0 Å². The van der Waals surface area contributed by atoms with E-state index < -0.39 is 11.6 Å². The molecule has 4 heterocycles. The van der Waals surface area contributed by atoms with Gasteiger partial charge in [0.1, 0.15) is 22.9 Å². The summed E-state index contributed by atoms with van der Waals surface area (Å²) in [6.07, 6.45) is 2.55. The smallest absolute Gasteiger partial charge is 0.229 e. The fraction of sp³-hybridized carbons (Fsp3) is 0.360. The number of pyridine rings is 1. The molecule has 0 radical (unpaired) electrons. The lowest BCUT2D eigenvalue weighted by atomic mass is 10.0. The molecule has 4 aromatic rings. The number of hydrogen-bond donors (Lipinski definition) is 2. The Balaban J connectivity index is 1.42. The fourth-order valence-electron chi connectivity index (χ4n) is 4.54. The first-order valence-corrected chi connectivity index (χ1v) is 11.6. The first-order valence-electron chi connectivity index (χ1n) is 11.6. The highest BCUT2D eigenvalue weighted by atomic mass is 19.1. The van der Waals surface area contributed by atoms with Gasteiger partial charge in [0.15, 0.2) is 11.6 Å². The molecule has 8 nitrogen and oxygen atoms in total. The molecule has 0 bridgehead atoms. The van der Waals surface area contributed by atoms with Crippen LogP contribution in [0.5, 0.6) is 0 Å². The second-order valence-corrected chi connectivity index (χ2v) is 9.22. The quantitative estimate of drug-likeness (QED) is 0.420. The van der Waals surface area contributed by atoms with E-state index in [1.807, 2.05) is 31.4 Å². The van der Waals surface area contributed by atoms with Crippen molar-refractivity contribution in [2.24, 2.45) is 0 Å². The van der Waals surface area contributed by atoms with Gasteiger partial charge >= 0.3 is 0 Å². The summed E-state index contributed by atoms with van der Waals surface area (Å²) in [5.41, 5.74) is 2.14. The third kappa shape index (κ3) is 4.35. The zero-order chi connectivity index (χ0) is 24.9. The molecule has 5 rings (SSSR count). The molecule has 10 heteroatoms. The number of fused-ring (bicyclic) bond motifs is 1. The van der Waals surface area contributed by atoms with Crippen molar-refractivity contribution < 1.29 is 13.9 Å². The number of nitrogens with zero attached hydrogens (tertiary/aromatic N) is 6. The van der Waals surface area contributed by atoms with Crippen LogP contribution in [0.25, 0.3) is 22.3 Å². The molecule has 3 aromatic heterocycles. The molecule has 1 aliphatic heterocycles. The number of hydrogen-bond acceptors (Lipinski definition) is 7. The number of aliphatic hydroxyl groups is 1. The number of rotatable bonds is 6. The average Bonchev–Trinajstić information content (AvgIpc) is 3.15. The van der Waals surface area contributed by atoms with E-state index in [0.29, 0.717) is 35.8 Å². The Kier molecular flexibility index (Phi) is 5.94. The summed E-state index contributed by atoms with van der Waals surface area (Å²) in [6.45, 7) is 9.15. The van der Waals surface area contributed by atoms with E-state index in [1.54, 1.807) is 18.3 Å². The van der Waals surface area contributed by atoms with Gasteiger partial charge in [0.2, 0.25) is 5.95 Å². The van der Waals surface area contributed by atoms with Crippen LogP contribution < -0.4 is 5.32 Å². The van der Waals surface area contributed by atoms with Gasteiger partial charge in [0, 0.05) is 36.9 Å². The van der Waals surface area contributed by atoms with Crippen LogP contribution in [-0.2, 0) is 0 Å². The van der Waals surface area contributed by atoms with E-state index in [1.165, 1.54) is 6.07 Å².